The van der Waals surface area contributed by atoms with E-state index in [0.717, 1.165) is 33.4 Å². The number of rotatable bonds is 2. The smallest absolute Gasteiger partial charge is 0.265 e. The molecule has 46 heavy (non-hydrogen) atoms. The standard InChI is InChI=1S/C43H62O3/c1-38(2,3)25-19-28(35(44)31(22-25)41(10,11)12)34(29-20-26(39(4,5)6)23-32(36(29)45)42(13,14)15)30-21-27(40(7,8)9)24-33(37(30)46)43(16,17)18/h19-24,44-45H,1-18H3/p+1. The van der Waals surface area contributed by atoms with Crippen LogP contribution in [0.5, 0.6) is 11.5 Å². The summed E-state index contributed by atoms with van der Waals surface area (Å²) in [6.45, 7) is 38.7. The number of hydrogen-bond acceptors (Lipinski definition) is 2. The maximum absolute atomic E-state index is 14.9. The number of allylic oxidation sites excluding steroid dienone is 5. The fourth-order valence-electron chi connectivity index (χ4n) is 5.93. The van der Waals surface area contributed by atoms with E-state index in [-0.39, 0.29) is 38.6 Å². The zero-order chi connectivity index (χ0) is 35.7. The number of hydrogen-bond donors (Lipinski definition) is 1. The highest BCUT2D eigenvalue weighted by atomic mass is 16.3. The normalized spacial score (nSPS) is 16.8. The predicted octanol–water partition coefficient (Wildman–Crippen LogP) is 11.3. The Balaban J connectivity index is 2.82. The number of carbonyl (C=O) groups is 1. The minimum atomic E-state index is -0.405. The SMILES string of the molecule is CC(C)(C)C1=CC(=C(c2cc(C(C)(C)C)cc(C(C)(C)C)c2O)c2cc(C(C)(C)C)cc(C(C)(C)C)c2[OH2+])C(=O)C(C(C)(C)C)=C1. The average molecular weight is 628 g/mol. The van der Waals surface area contributed by atoms with Crippen molar-refractivity contribution in [3.63, 3.8) is 0 Å². The van der Waals surface area contributed by atoms with Crippen LogP contribution < -0.4 is 0 Å². The maximum atomic E-state index is 14.9. The van der Waals surface area contributed by atoms with Crippen LogP contribution in [0.1, 0.15) is 158 Å². The molecule has 2 aromatic rings. The van der Waals surface area contributed by atoms with E-state index >= 15 is 0 Å². The van der Waals surface area contributed by atoms with Gasteiger partial charge in [-0.05, 0) is 73.5 Å². The van der Waals surface area contributed by atoms with Gasteiger partial charge in [-0.25, -0.2) is 0 Å². The number of aromatic hydroxyl groups is 1. The second-order valence-corrected chi connectivity index (χ2v) is 19.6. The van der Waals surface area contributed by atoms with Crippen molar-refractivity contribution in [2.45, 2.75) is 146 Å². The Morgan fingerprint density at radius 3 is 1.37 bits per heavy atom. The first-order valence-corrected chi connectivity index (χ1v) is 16.9. The largest absolute Gasteiger partial charge is 0.593 e. The number of carbonyl (C=O) groups excluding carboxylic acids is 1. The third kappa shape index (κ3) is 7.56. The van der Waals surface area contributed by atoms with Crippen LogP contribution in [-0.2, 0) is 26.5 Å². The predicted molar refractivity (Wildman–Crippen MR) is 199 cm³/mol. The van der Waals surface area contributed by atoms with Crippen LogP contribution in [0.15, 0.2) is 53.1 Å². The molecule has 0 heterocycles. The molecular formula is C43H63O3+. The van der Waals surface area contributed by atoms with Crippen LogP contribution in [0.2, 0.25) is 0 Å². The van der Waals surface area contributed by atoms with Gasteiger partial charge < -0.3 is 10.2 Å². The van der Waals surface area contributed by atoms with Gasteiger partial charge in [-0.2, -0.15) is 0 Å². The molecule has 0 bridgehead atoms. The molecule has 0 atom stereocenters. The van der Waals surface area contributed by atoms with Crippen molar-refractivity contribution in [1.29, 1.82) is 0 Å². The number of ketones is 1. The zero-order valence-electron chi connectivity index (χ0n) is 32.3. The van der Waals surface area contributed by atoms with Crippen molar-refractivity contribution in [3.8, 4) is 11.5 Å². The lowest BCUT2D eigenvalue weighted by molar-refractivity contribution is -0.112. The lowest BCUT2D eigenvalue weighted by atomic mass is 9.70. The topological polar surface area (TPSA) is 60.2 Å². The molecule has 3 nitrogen and oxygen atoms in total. The van der Waals surface area contributed by atoms with Crippen LogP contribution in [0.25, 0.3) is 5.57 Å². The van der Waals surface area contributed by atoms with E-state index in [2.05, 4.69) is 155 Å². The van der Waals surface area contributed by atoms with Gasteiger partial charge >= 0.3 is 0 Å². The summed E-state index contributed by atoms with van der Waals surface area (Å²) in [6, 6.07) is 8.46. The Bertz CT molecular complexity index is 1550. The number of benzene rings is 2. The van der Waals surface area contributed by atoms with Crippen molar-refractivity contribution < 1.29 is 15.0 Å². The molecule has 0 radical (unpaired) electrons. The summed E-state index contributed by atoms with van der Waals surface area (Å²) in [7, 11) is 0. The zero-order valence-corrected chi connectivity index (χ0v) is 32.3. The Morgan fingerprint density at radius 1 is 0.543 bits per heavy atom. The van der Waals surface area contributed by atoms with Crippen LogP contribution in [-0.4, -0.2) is 16.0 Å². The van der Waals surface area contributed by atoms with Gasteiger partial charge in [0, 0.05) is 27.8 Å². The lowest BCUT2D eigenvalue weighted by Crippen LogP contribution is -2.25. The van der Waals surface area contributed by atoms with E-state index in [1.165, 1.54) is 0 Å². The molecule has 0 aliphatic heterocycles. The third-order valence-electron chi connectivity index (χ3n) is 9.17. The highest BCUT2D eigenvalue weighted by molar-refractivity contribution is 6.19. The Labute approximate surface area is 280 Å². The Hall–Kier alpha value is -3.07. The van der Waals surface area contributed by atoms with Gasteiger partial charge in [0.15, 0.2) is 5.78 Å². The minimum absolute atomic E-state index is 0.0498. The van der Waals surface area contributed by atoms with Gasteiger partial charge in [0.1, 0.15) is 5.75 Å². The molecule has 0 saturated heterocycles. The molecule has 0 aromatic heterocycles. The minimum Gasteiger partial charge on any atom is -0.593 e. The van der Waals surface area contributed by atoms with Gasteiger partial charge in [0.05, 0.1) is 11.1 Å². The summed E-state index contributed by atoms with van der Waals surface area (Å²) in [5.41, 5.74) is 6.47. The van der Waals surface area contributed by atoms with Gasteiger partial charge in [-0.1, -0.05) is 137 Å². The molecule has 0 spiro atoms. The molecule has 1 aliphatic carbocycles. The molecule has 0 saturated carbocycles. The number of phenolic OH excluding ortho intramolecular Hbond substituents is 1. The highest BCUT2D eigenvalue weighted by Crippen LogP contribution is 2.50. The van der Waals surface area contributed by atoms with E-state index in [1.54, 1.807) is 0 Å². The van der Waals surface area contributed by atoms with E-state index in [4.69, 9.17) is 0 Å². The van der Waals surface area contributed by atoms with Crippen molar-refractivity contribution >= 4 is 11.4 Å². The molecular weight excluding hydrogens is 564 g/mol. The first-order valence-electron chi connectivity index (χ1n) is 16.9. The number of phenols is 1. The van der Waals surface area contributed by atoms with E-state index in [0.29, 0.717) is 28.0 Å². The Morgan fingerprint density at radius 2 is 0.978 bits per heavy atom. The summed E-state index contributed by atoms with van der Waals surface area (Å²) >= 11 is 0. The second kappa shape index (κ2) is 11.6. The molecule has 0 amide bonds. The van der Waals surface area contributed by atoms with Crippen LogP contribution in [0.4, 0.5) is 0 Å². The summed E-state index contributed by atoms with van der Waals surface area (Å²) in [5, 5.41) is 22.1. The maximum Gasteiger partial charge on any atom is 0.265 e. The third-order valence-corrected chi connectivity index (χ3v) is 9.17. The van der Waals surface area contributed by atoms with Crippen molar-refractivity contribution in [3.05, 3.63) is 86.5 Å². The molecule has 3 rings (SSSR count). The molecule has 1 aliphatic rings. The lowest BCUT2D eigenvalue weighted by Gasteiger charge is -2.33. The van der Waals surface area contributed by atoms with Crippen LogP contribution >= 0.6 is 0 Å². The fourth-order valence-corrected chi connectivity index (χ4v) is 5.93. The van der Waals surface area contributed by atoms with E-state index < -0.39 is 5.41 Å². The second-order valence-electron chi connectivity index (χ2n) is 19.6. The summed E-state index contributed by atoms with van der Waals surface area (Å²) < 4.78 is 0. The van der Waals surface area contributed by atoms with Gasteiger partial charge in [0.25, 0.3) is 5.75 Å². The monoisotopic (exact) mass is 627 g/mol. The number of Topliss-reactive ketones (excluding diaryl/α,β-unsaturated/α-hetero) is 1. The van der Waals surface area contributed by atoms with Crippen LogP contribution in [0.3, 0.4) is 0 Å². The first-order chi connectivity index (χ1) is 20.4. The van der Waals surface area contributed by atoms with Crippen molar-refractivity contribution in [1.82, 2.24) is 0 Å². The first kappa shape index (κ1) is 37.4. The van der Waals surface area contributed by atoms with Crippen LogP contribution in [0, 0.1) is 10.8 Å². The Kier molecular flexibility index (Phi) is 9.40. The molecule has 2 aromatic carbocycles. The van der Waals surface area contributed by atoms with Gasteiger partial charge in [-0.15, -0.1) is 0 Å². The summed E-state index contributed by atoms with van der Waals surface area (Å²) in [5.74, 6) is 0.517. The van der Waals surface area contributed by atoms with Crippen molar-refractivity contribution in [2.24, 2.45) is 10.8 Å². The molecule has 0 fully saturated rings. The molecule has 252 valence electrons. The highest BCUT2D eigenvalue weighted by Gasteiger charge is 2.38. The van der Waals surface area contributed by atoms with E-state index in [9.17, 15) is 15.0 Å². The summed E-state index contributed by atoms with van der Waals surface area (Å²) in [4.78, 5) is 14.9. The molecule has 3 N–H and O–H groups in total. The molecule has 3 heteroatoms. The van der Waals surface area contributed by atoms with E-state index in [1.807, 2.05) is 6.08 Å². The fraction of sp³-hybridized carbons (Fsp3) is 0.558. The van der Waals surface area contributed by atoms with Gasteiger partial charge in [0.2, 0.25) is 0 Å². The van der Waals surface area contributed by atoms with Crippen molar-refractivity contribution in [2.75, 3.05) is 0 Å². The average Bonchev–Trinajstić information content (AvgIpc) is 2.82. The molecule has 0 unspecified atom stereocenters. The summed E-state index contributed by atoms with van der Waals surface area (Å²) in [6.07, 6.45) is 4.11. The quantitative estimate of drug-likeness (QED) is 0.266. The van der Waals surface area contributed by atoms with Gasteiger partial charge in [-0.3, -0.25) is 4.79 Å².